The number of benzene rings is 1. The molecule has 4 saturated carbocycles. The maximum absolute atomic E-state index is 13.7. The zero-order chi connectivity index (χ0) is 26.8. The van der Waals surface area contributed by atoms with Gasteiger partial charge < -0.3 is 11.1 Å². The standard InChI is InChI=1S/C24H30ClF3N4O4S/c25-17-2-3-19(18(8-17)24(26,27)28)32-5-1-4-31(37(32,35)36)13-21(34)30-22-15-6-14-7-16(22)11-23(9-14,10-15)12-20(29)33/h2-3,8,14-16,22H,1,4-7,9-13H2,(H2,29,33)(H,30,34). The van der Waals surface area contributed by atoms with Crippen molar-refractivity contribution in [2.24, 2.45) is 28.9 Å². The number of nitrogens with one attached hydrogen (secondary N) is 1. The van der Waals surface area contributed by atoms with Crippen LogP contribution in [-0.4, -0.2) is 50.2 Å². The highest BCUT2D eigenvalue weighted by atomic mass is 35.5. The number of hydrogen-bond donors (Lipinski definition) is 2. The minimum Gasteiger partial charge on any atom is -0.370 e. The first-order valence-corrected chi connectivity index (χ1v) is 14.3. The molecule has 2 atom stereocenters. The molecule has 8 nitrogen and oxygen atoms in total. The van der Waals surface area contributed by atoms with E-state index in [9.17, 15) is 31.2 Å². The first kappa shape index (κ1) is 26.6. The lowest BCUT2D eigenvalue weighted by molar-refractivity contribution is -0.137. The molecule has 1 aromatic carbocycles. The van der Waals surface area contributed by atoms with Crippen molar-refractivity contribution in [2.45, 2.75) is 57.2 Å². The monoisotopic (exact) mass is 562 g/mol. The van der Waals surface area contributed by atoms with Gasteiger partial charge in [0.15, 0.2) is 0 Å². The van der Waals surface area contributed by atoms with Gasteiger partial charge in [-0.05, 0) is 79.9 Å². The Morgan fingerprint density at radius 2 is 1.81 bits per heavy atom. The van der Waals surface area contributed by atoms with E-state index in [2.05, 4.69) is 5.32 Å². The first-order valence-electron chi connectivity index (χ1n) is 12.5. The predicted molar refractivity (Wildman–Crippen MR) is 131 cm³/mol. The summed E-state index contributed by atoms with van der Waals surface area (Å²) in [6.07, 6.45) is 0.308. The van der Waals surface area contributed by atoms with E-state index in [1.54, 1.807) is 0 Å². The van der Waals surface area contributed by atoms with Gasteiger partial charge in [0.2, 0.25) is 11.8 Å². The van der Waals surface area contributed by atoms with Crippen LogP contribution >= 0.6 is 11.6 Å². The highest BCUT2D eigenvalue weighted by Crippen LogP contribution is 2.61. The smallest absolute Gasteiger partial charge is 0.370 e. The zero-order valence-corrected chi connectivity index (χ0v) is 21.7. The molecule has 1 aromatic rings. The van der Waals surface area contributed by atoms with Crippen molar-refractivity contribution >= 4 is 39.3 Å². The SMILES string of the molecule is NC(=O)CC12CC3CC(C1)C(NC(=O)CN1CCCN(c4ccc(Cl)cc4C(F)(F)F)S1(=O)=O)C(C3)C2. The third-order valence-corrected chi connectivity index (χ3v) is 10.6. The van der Waals surface area contributed by atoms with Crippen LogP contribution in [0.3, 0.4) is 0 Å². The number of alkyl halides is 3. The lowest BCUT2D eigenvalue weighted by Crippen LogP contribution is -2.61. The number of carbonyl (C=O) groups excluding carboxylic acids is 2. The van der Waals surface area contributed by atoms with Crippen molar-refractivity contribution < 1.29 is 31.2 Å². The van der Waals surface area contributed by atoms with E-state index in [1.807, 2.05) is 0 Å². The molecule has 0 radical (unpaired) electrons. The lowest BCUT2D eigenvalue weighted by atomic mass is 9.47. The molecule has 4 bridgehead atoms. The topological polar surface area (TPSA) is 113 Å². The van der Waals surface area contributed by atoms with E-state index < -0.39 is 40.1 Å². The van der Waals surface area contributed by atoms with Crippen molar-refractivity contribution in [1.82, 2.24) is 9.62 Å². The number of amides is 2. The first-order chi connectivity index (χ1) is 17.3. The number of nitrogens with zero attached hydrogens (tertiary/aromatic N) is 2. The molecule has 5 fully saturated rings. The minimum atomic E-state index is -4.80. The van der Waals surface area contributed by atoms with Crippen LogP contribution in [0.15, 0.2) is 18.2 Å². The molecular formula is C24H30ClF3N4O4S. The molecule has 37 heavy (non-hydrogen) atoms. The van der Waals surface area contributed by atoms with Gasteiger partial charge in [0.05, 0.1) is 17.8 Å². The van der Waals surface area contributed by atoms with Gasteiger partial charge in [-0.25, -0.2) is 0 Å². The quantitative estimate of drug-likeness (QED) is 0.554. The Kier molecular flexibility index (Phi) is 6.68. The van der Waals surface area contributed by atoms with Crippen LogP contribution < -0.4 is 15.4 Å². The molecular weight excluding hydrogens is 533 g/mol. The largest absolute Gasteiger partial charge is 0.418 e. The van der Waals surface area contributed by atoms with Gasteiger partial charge in [-0.2, -0.15) is 25.9 Å². The van der Waals surface area contributed by atoms with Crippen LogP contribution in [-0.2, 0) is 26.0 Å². The summed E-state index contributed by atoms with van der Waals surface area (Å²) in [5.74, 6) is 0.124. The van der Waals surface area contributed by atoms with Gasteiger partial charge in [-0.1, -0.05) is 11.6 Å². The van der Waals surface area contributed by atoms with Gasteiger partial charge >= 0.3 is 16.4 Å². The summed E-state index contributed by atoms with van der Waals surface area (Å²) in [7, 11) is -4.38. The van der Waals surface area contributed by atoms with Crippen molar-refractivity contribution in [3.8, 4) is 0 Å². The lowest BCUT2D eigenvalue weighted by Gasteiger charge is -2.60. The molecule has 2 unspecified atom stereocenters. The number of nitrogens with two attached hydrogens (primary N) is 1. The highest BCUT2D eigenvalue weighted by Gasteiger charge is 2.56. The molecule has 4 aliphatic carbocycles. The van der Waals surface area contributed by atoms with E-state index in [-0.39, 0.29) is 53.7 Å². The average molecular weight is 563 g/mol. The second kappa shape index (κ2) is 9.30. The van der Waals surface area contributed by atoms with Crippen molar-refractivity contribution in [1.29, 1.82) is 0 Å². The third-order valence-electron chi connectivity index (χ3n) is 8.50. The highest BCUT2D eigenvalue weighted by molar-refractivity contribution is 7.90. The molecule has 204 valence electrons. The summed E-state index contributed by atoms with van der Waals surface area (Å²) in [4.78, 5) is 24.7. The van der Waals surface area contributed by atoms with Crippen molar-refractivity contribution in [3.05, 3.63) is 28.8 Å². The summed E-state index contributed by atoms with van der Waals surface area (Å²) in [6, 6.07) is 2.85. The summed E-state index contributed by atoms with van der Waals surface area (Å²) < 4.78 is 69.3. The Hall–Kier alpha value is -2.05. The van der Waals surface area contributed by atoms with Crippen LogP contribution in [0.1, 0.15) is 50.5 Å². The molecule has 1 aliphatic heterocycles. The Morgan fingerprint density at radius 3 is 2.43 bits per heavy atom. The van der Waals surface area contributed by atoms with Crippen LogP contribution in [0.5, 0.6) is 0 Å². The normalized spacial score (nSPS) is 32.9. The molecule has 3 N–H and O–H groups in total. The second-order valence-corrected chi connectivity index (χ2v) is 13.4. The van der Waals surface area contributed by atoms with Gasteiger partial charge in [0.1, 0.15) is 0 Å². The van der Waals surface area contributed by atoms with E-state index in [0.717, 1.165) is 42.5 Å². The number of hydrogen-bond acceptors (Lipinski definition) is 4. The van der Waals surface area contributed by atoms with Gasteiger partial charge in [0, 0.05) is 30.6 Å². The minimum absolute atomic E-state index is 0.0303. The summed E-state index contributed by atoms with van der Waals surface area (Å²) in [5.41, 5.74) is 3.75. The molecule has 1 heterocycles. The van der Waals surface area contributed by atoms with E-state index in [1.165, 1.54) is 6.07 Å². The predicted octanol–water partition coefficient (Wildman–Crippen LogP) is 3.30. The number of carbonyl (C=O) groups is 2. The molecule has 13 heteroatoms. The number of anilines is 1. The Balaban J connectivity index is 1.30. The molecule has 5 aliphatic rings. The van der Waals surface area contributed by atoms with E-state index >= 15 is 0 Å². The van der Waals surface area contributed by atoms with Crippen LogP contribution in [0, 0.1) is 23.2 Å². The summed E-state index contributed by atoms with van der Waals surface area (Å²) in [6.45, 7) is -0.580. The Morgan fingerprint density at radius 1 is 1.14 bits per heavy atom. The van der Waals surface area contributed by atoms with E-state index in [4.69, 9.17) is 17.3 Å². The van der Waals surface area contributed by atoms with Gasteiger partial charge in [0.25, 0.3) is 0 Å². The third kappa shape index (κ3) is 5.04. The molecule has 0 aromatic heterocycles. The van der Waals surface area contributed by atoms with Crippen molar-refractivity contribution in [3.63, 3.8) is 0 Å². The fourth-order valence-electron chi connectivity index (χ4n) is 7.53. The molecule has 0 spiro atoms. The molecule has 2 amide bonds. The fourth-order valence-corrected chi connectivity index (χ4v) is 9.38. The average Bonchev–Trinajstić information content (AvgIpc) is 2.76. The van der Waals surface area contributed by atoms with E-state index in [0.29, 0.717) is 22.7 Å². The maximum atomic E-state index is 13.7. The number of halogens is 4. The number of rotatable bonds is 6. The zero-order valence-electron chi connectivity index (χ0n) is 20.1. The molecule has 1 saturated heterocycles. The fraction of sp³-hybridized carbons (Fsp3) is 0.667. The number of primary amides is 1. The van der Waals surface area contributed by atoms with Crippen LogP contribution in [0.4, 0.5) is 18.9 Å². The maximum Gasteiger partial charge on any atom is 0.418 e. The van der Waals surface area contributed by atoms with Crippen LogP contribution in [0.2, 0.25) is 5.02 Å². The van der Waals surface area contributed by atoms with Crippen molar-refractivity contribution in [2.75, 3.05) is 23.9 Å². The summed E-state index contributed by atoms with van der Waals surface area (Å²) in [5, 5.41) is 2.88. The summed E-state index contributed by atoms with van der Waals surface area (Å²) >= 11 is 5.75. The molecule has 6 rings (SSSR count). The van der Waals surface area contributed by atoms with Crippen LogP contribution in [0.25, 0.3) is 0 Å². The second-order valence-electron chi connectivity index (χ2n) is 11.1. The Labute approximate surface area is 218 Å². The van der Waals surface area contributed by atoms with Gasteiger partial charge in [-0.3, -0.25) is 13.9 Å². The Bertz CT molecular complexity index is 1190. The van der Waals surface area contributed by atoms with Gasteiger partial charge in [-0.15, -0.1) is 0 Å².